The van der Waals surface area contributed by atoms with Crippen LogP contribution in [0.3, 0.4) is 0 Å². The van der Waals surface area contributed by atoms with Crippen LogP contribution in [0.1, 0.15) is 15.9 Å². The number of carbonyl (C=O) groups excluding carboxylic acids is 1. The molecule has 0 aliphatic carbocycles. The molecule has 1 aromatic heterocycles. The van der Waals surface area contributed by atoms with Crippen molar-refractivity contribution in [3.63, 3.8) is 0 Å². The summed E-state index contributed by atoms with van der Waals surface area (Å²) in [4.78, 5) is 15.0. The Morgan fingerprint density at radius 2 is 2.17 bits per heavy atom. The number of aromatic nitrogens is 1. The van der Waals surface area contributed by atoms with E-state index < -0.39 is 18.2 Å². The van der Waals surface area contributed by atoms with E-state index in [-0.39, 0.29) is 5.56 Å². The molecule has 0 amide bonds. The highest BCUT2D eigenvalue weighted by Gasteiger charge is 2.35. The summed E-state index contributed by atoms with van der Waals surface area (Å²) in [5, 5.41) is 0.342. The number of alkyl halides is 4. The van der Waals surface area contributed by atoms with Gasteiger partial charge in [0.2, 0.25) is 5.88 Å². The van der Waals surface area contributed by atoms with Crippen LogP contribution in [0.5, 0.6) is 5.88 Å². The lowest BCUT2D eigenvalue weighted by molar-refractivity contribution is -0.276. The molecule has 0 saturated carbocycles. The van der Waals surface area contributed by atoms with Gasteiger partial charge in [0, 0.05) is 15.1 Å². The van der Waals surface area contributed by atoms with Crippen molar-refractivity contribution in [2.24, 2.45) is 0 Å². The number of carbonyl (C=O) groups is 1. The van der Waals surface area contributed by atoms with Gasteiger partial charge in [-0.05, 0) is 28.2 Å². The van der Waals surface area contributed by atoms with Crippen LogP contribution in [0.25, 0.3) is 0 Å². The van der Waals surface area contributed by atoms with Gasteiger partial charge in [0.15, 0.2) is 0 Å². The third-order valence-corrected chi connectivity index (χ3v) is 3.64. The summed E-state index contributed by atoms with van der Waals surface area (Å²) in [5.41, 5.74) is 0.220. The van der Waals surface area contributed by atoms with Crippen molar-refractivity contribution < 1.29 is 27.4 Å². The van der Waals surface area contributed by atoms with Crippen molar-refractivity contribution in [3.05, 3.63) is 20.9 Å². The maximum Gasteiger partial charge on any atom is 0.574 e. The van der Waals surface area contributed by atoms with Gasteiger partial charge in [-0.15, -0.1) is 13.2 Å². The fraction of sp³-hybridized carbons (Fsp3) is 0.333. The molecule has 1 heterocycles. The monoisotopic (exact) mass is 439 g/mol. The molecule has 0 atom stereocenters. The molecule has 9 heteroatoms. The summed E-state index contributed by atoms with van der Waals surface area (Å²) in [5.74, 6) is -1.75. The molecule has 1 aromatic rings. The molecule has 0 unspecified atom stereocenters. The topological polar surface area (TPSA) is 48.4 Å². The molecular formula is C9H6BrF3INO3. The lowest BCUT2D eigenvalue weighted by atomic mass is 10.2. The molecule has 0 spiro atoms. The number of esters is 1. The van der Waals surface area contributed by atoms with Crippen molar-refractivity contribution in [3.8, 4) is 5.88 Å². The Hall–Kier alpha value is -0.580. The minimum absolute atomic E-state index is 0.297. The number of hydrogen-bond acceptors (Lipinski definition) is 4. The third kappa shape index (κ3) is 3.70. The smallest absolute Gasteiger partial charge is 0.465 e. The Kier molecular flexibility index (Phi) is 5.20. The Labute approximate surface area is 122 Å². The molecule has 0 saturated heterocycles. The molecule has 0 aromatic carbocycles. The molecular weight excluding hydrogens is 434 g/mol. The zero-order valence-electron chi connectivity index (χ0n) is 8.85. The van der Waals surface area contributed by atoms with Crippen molar-refractivity contribution in [1.82, 2.24) is 4.98 Å². The van der Waals surface area contributed by atoms with E-state index in [9.17, 15) is 18.0 Å². The average Bonchev–Trinajstić information content (AvgIpc) is 2.26. The van der Waals surface area contributed by atoms with Crippen LogP contribution in [-0.4, -0.2) is 24.4 Å². The molecule has 0 bridgehead atoms. The average molecular weight is 440 g/mol. The number of rotatable bonds is 3. The second-order valence-electron chi connectivity index (χ2n) is 2.95. The van der Waals surface area contributed by atoms with E-state index in [2.05, 4.69) is 30.4 Å². The van der Waals surface area contributed by atoms with Crippen LogP contribution in [-0.2, 0) is 10.1 Å². The zero-order chi connectivity index (χ0) is 13.9. The van der Waals surface area contributed by atoms with Gasteiger partial charge in [-0.3, -0.25) is 0 Å². The maximum atomic E-state index is 12.2. The van der Waals surface area contributed by atoms with E-state index in [0.717, 1.165) is 7.11 Å². The molecule has 4 nitrogen and oxygen atoms in total. The molecule has 0 fully saturated rings. The van der Waals surface area contributed by atoms with Crippen LogP contribution < -0.4 is 4.74 Å². The molecule has 0 radical (unpaired) electrons. The first-order valence-corrected chi connectivity index (χ1v) is 6.57. The minimum atomic E-state index is -4.92. The van der Waals surface area contributed by atoms with Crippen molar-refractivity contribution in [2.45, 2.75) is 11.7 Å². The van der Waals surface area contributed by atoms with Gasteiger partial charge in [0.25, 0.3) is 0 Å². The lowest BCUT2D eigenvalue weighted by Gasteiger charge is -2.13. The minimum Gasteiger partial charge on any atom is -0.465 e. The van der Waals surface area contributed by atoms with Gasteiger partial charge in [-0.25, -0.2) is 9.78 Å². The van der Waals surface area contributed by atoms with Gasteiger partial charge in [-0.1, -0.05) is 15.9 Å². The van der Waals surface area contributed by atoms with E-state index in [0.29, 0.717) is 14.5 Å². The van der Waals surface area contributed by atoms with Gasteiger partial charge in [0.05, 0.1) is 7.11 Å². The first kappa shape index (κ1) is 15.5. The standard InChI is InChI=1S/C9H6BrF3INO3/c1-17-8(16)5-6(14)4(2-10)3-15-7(5)18-9(11,12)13/h3H,2H2,1H3. The van der Waals surface area contributed by atoms with Crippen molar-refractivity contribution in [2.75, 3.05) is 7.11 Å². The van der Waals surface area contributed by atoms with E-state index in [1.54, 1.807) is 22.6 Å². The lowest BCUT2D eigenvalue weighted by Crippen LogP contribution is -2.21. The van der Waals surface area contributed by atoms with E-state index in [1.165, 1.54) is 6.20 Å². The molecule has 0 aliphatic heterocycles. The highest BCUT2D eigenvalue weighted by Crippen LogP contribution is 2.30. The summed E-state index contributed by atoms with van der Waals surface area (Å²) < 4.78 is 45.0. The number of pyridine rings is 1. The van der Waals surface area contributed by atoms with Crippen molar-refractivity contribution in [1.29, 1.82) is 0 Å². The zero-order valence-corrected chi connectivity index (χ0v) is 12.6. The molecule has 18 heavy (non-hydrogen) atoms. The normalized spacial score (nSPS) is 11.2. The first-order chi connectivity index (χ1) is 8.30. The Bertz CT molecular complexity index is 467. The maximum absolute atomic E-state index is 12.2. The highest BCUT2D eigenvalue weighted by atomic mass is 127. The van der Waals surface area contributed by atoms with Crippen molar-refractivity contribution >= 4 is 44.5 Å². The second-order valence-corrected chi connectivity index (χ2v) is 4.59. The van der Waals surface area contributed by atoms with Crippen LogP contribution in [0.2, 0.25) is 0 Å². The summed E-state index contributed by atoms with van der Waals surface area (Å²) in [7, 11) is 1.07. The van der Waals surface area contributed by atoms with Crippen LogP contribution in [0, 0.1) is 3.57 Å². The third-order valence-electron chi connectivity index (χ3n) is 1.80. The summed E-state index contributed by atoms with van der Waals surface area (Å²) >= 11 is 4.88. The number of halogens is 5. The Balaban J connectivity index is 3.34. The van der Waals surface area contributed by atoms with E-state index in [4.69, 9.17) is 0 Å². The van der Waals surface area contributed by atoms with Crippen LogP contribution >= 0.6 is 38.5 Å². The Morgan fingerprint density at radius 3 is 2.61 bits per heavy atom. The highest BCUT2D eigenvalue weighted by molar-refractivity contribution is 14.1. The first-order valence-electron chi connectivity index (χ1n) is 4.37. The van der Waals surface area contributed by atoms with E-state index in [1.807, 2.05) is 0 Å². The summed E-state index contributed by atoms with van der Waals surface area (Å²) in [6.07, 6.45) is -3.72. The largest absolute Gasteiger partial charge is 0.574 e. The fourth-order valence-electron chi connectivity index (χ4n) is 1.07. The number of nitrogens with zero attached hydrogens (tertiary/aromatic N) is 1. The predicted molar refractivity (Wildman–Crippen MR) is 67.6 cm³/mol. The molecule has 100 valence electrons. The predicted octanol–water partition coefficient (Wildman–Crippen LogP) is 3.27. The second kappa shape index (κ2) is 6.04. The molecule has 0 aliphatic rings. The fourth-order valence-corrected chi connectivity index (χ4v) is 2.80. The molecule has 1 rings (SSSR count). The molecule has 0 N–H and O–H groups in total. The van der Waals surface area contributed by atoms with Crippen LogP contribution in [0.4, 0.5) is 13.2 Å². The van der Waals surface area contributed by atoms with Gasteiger partial charge in [0.1, 0.15) is 5.56 Å². The number of hydrogen-bond donors (Lipinski definition) is 0. The van der Waals surface area contributed by atoms with Gasteiger partial charge >= 0.3 is 12.3 Å². The Morgan fingerprint density at radius 1 is 1.56 bits per heavy atom. The summed E-state index contributed by atoms with van der Waals surface area (Å²) in [6, 6.07) is 0. The number of methoxy groups -OCH3 is 1. The SMILES string of the molecule is COC(=O)c1c(OC(F)(F)F)ncc(CBr)c1I. The number of ether oxygens (including phenoxy) is 2. The van der Waals surface area contributed by atoms with Crippen LogP contribution in [0.15, 0.2) is 6.20 Å². The van der Waals surface area contributed by atoms with E-state index >= 15 is 0 Å². The van der Waals surface area contributed by atoms with Gasteiger partial charge < -0.3 is 9.47 Å². The summed E-state index contributed by atoms with van der Waals surface area (Å²) in [6.45, 7) is 0. The quantitative estimate of drug-likeness (QED) is 0.412. The van der Waals surface area contributed by atoms with Gasteiger partial charge in [-0.2, -0.15) is 0 Å².